The Labute approximate surface area is 246 Å². The average molecular weight is 603 g/mol. The van der Waals surface area contributed by atoms with Crippen LogP contribution in [0, 0.1) is 0 Å². The molecule has 4 rings (SSSR count). The quantitative estimate of drug-likeness (QED) is 0.306. The molecule has 1 aliphatic rings. The minimum atomic E-state index is -4.14. The number of hydrogen-bond donors (Lipinski definition) is 1. The smallest absolute Gasteiger partial charge is 0.264 e. The first-order chi connectivity index (χ1) is 19.1. The number of benzene rings is 3. The number of anilines is 1. The van der Waals surface area contributed by atoms with Gasteiger partial charge in [-0.3, -0.25) is 13.9 Å². The maximum absolute atomic E-state index is 14.0. The third kappa shape index (κ3) is 7.56. The van der Waals surface area contributed by atoms with Crippen LogP contribution in [-0.4, -0.2) is 43.8 Å². The molecule has 7 nitrogen and oxygen atoms in total. The van der Waals surface area contributed by atoms with E-state index in [9.17, 15) is 18.0 Å². The molecule has 0 bridgehead atoms. The largest absolute Gasteiger partial charge is 0.352 e. The van der Waals surface area contributed by atoms with Crippen molar-refractivity contribution in [3.63, 3.8) is 0 Å². The zero-order valence-corrected chi connectivity index (χ0v) is 24.6. The summed E-state index contributed by atoms with van der Waals surface area (Å²) in [6.45, 7) is 1.29. The molecule has 0 aromatic heterocycles. The highest BCUT2D eigenvalue weighted by Crippen LogP contribution is 2.26. The lowest BCUT2D eigenvalue weighted by Crippen LogP contribution is -2.53. The summed E-state index contributed by atoms with van der Waals surface area (Å²) in [5, 5.41) is 4.04. The van der Waals surface area contributed by atoms with Gasteiger partial charge in [0.15, 0.2) is 0 Å². The normalized spacial score (nSPS) is 14.8. The van der Waals surface area contributed by atoms with Gasteiger partial charge >= 0.3 is 0 Å². The van der Waals surface area contributed by atoms with E-state index in [-0.39, 0.29) is 23.4 Å². The van der Waals surface area contributed by atoms with E-state index in [0.717, 1.165) is 42.0 Å². The number of nitrogens with zero attached hydrogens (tertiary/aromatic N) is 2. The Kier molecular flexibility index (Phi) is 10.1. The van der Waals surface area contributed by atoms with Crippen LogP contribution in [0.25, 0.3) is 0 Å². The van der Waals surface area contributed by atoms with E-state index >= 15 is 0 Å². The number of sulfonamides is 1. The number of nitrogens with one attached hydrogen (secondary N) is 1. The van der Waals surface area contributed by atoms with Gasteiger partial charge in [-0.15, -0.1) is 0 Å². The van der Waals surface area contributed by atoms with Crippen LogP contribution in [0.1, 0.15) is 44.6 Å². The molecule has 10 heteroatoms. The zero-order chi connectivity index (χ0) is 28.7. The molecule has 1 fully saturated rings. The van der Waals surface area contributed by atoms with E-state index in [4.69, 9.17) is 23.2 Å². The molecule has 40 heavy (non-hydrogen) atoms. The molecule has 1 saturated carbocycles. The zero-order valence-electron chi connectivity index (χ0n) is 22.3. The van der Waals surface area contributed by atoms with Crippen molar-refractivity contribution >= 4 is 50.7 Å². The Bertz CT molecular complexity index is 1400. The average Bonchev–Trinajstić information content (AvgIpc) is 2.96. The molecule has 0 unspecified atom stereocenters. The van der Waals surface area contributed by atoms with Crippen molar-refractivity contribution in [2.24, 2.45) is 0 Å². The topological polar surface area (TPSA) is 86.8 Å². The van der Waals surface area contributed by atoms with Crippen molar-refractivity contribution in [2.75, 3.05) is 10.8 Å². The molecule has 212 valence electrons. The summed E-state index contributed by atoms with van der Waals surface area (Å²) in [7, 11) is -4.14. The fourth-order valence-electron chi connectivity index (χ4n) is 4.79. The van der Waals surface area contributed by atoms with Gasteiger partial charge in [0.05, 0.1) is 10.6 Å². The number of carbonyl (C=O) groups is 2. The lowest BCUT2D eigenvalue weighted by atomic mass is 9.95. The number of para-hydroxylation sites is 1. The van der Waals surface area contributed by atoms with Gasteiger partial charge < -0.3 is 10.2 Å². The van der Waals surface area contributed by atoms with Crippen LogP contribution in [0.2, 0.25) is 10.0 Å². The molecular formula is C30H33Cl2N3O4S. The molecule has 1 aliphatic carbocycles. The first-order valence-electron chi connectivity index (χ1n) is 13.3. The third-order valence-corrected chi connectivity index (χ3v) is 9.40. The summed E-state index contributed by atoms with van der Waals surface area (Å²) < 4.78 is 28.6. The van der Waals surface area contributed by atoms with Crippen LogP contribution in [0.4, 0.5) is 5.69 Å². The van der Waals surface area contributed by atoms with Gasteiger partial charge in [-0.25, -0.2) is 8.42 Å². The van der Waals surface area contributed by atoms with Gasteiger partial charge in [-0.1, -0.05) is 72.8 Å². The first-order valence-corrected chi connectivity index (χ1v) is 15.5. The minimum absolute atomic E-state index is 0.000828. The van der Waals surface area contributed by atoms with Crippen molar-refractivity contribution < 1.29 is 18.0 Å². The predicted octanol–water partition coefficient (Wildman–Crippen LogP) is 6.05. The summed E-state index contributed by atoms with van der Waals surface area (Å²) in [6.07, 6.45) is 5.08. The van der Waals surface area contributed by atoms with E-state index in [2.05, 4.69) is 5.32 Å². The SMILES string of the molecule is C[C@@H](C(=O)NC1CCCCC1)N(Cc1ccc(Cl)cc1)C(=O)CN(c1ccccc1)S(=O)(=O)c1ccc(Cl)cc1. The second-order valence-electron chi connectivity index (χ2n) is 9.97. The van der Waals surface area contributed by atoms with Crippen molar-refractivity contribution in [1.82, 2.24) is 10.2 Å². The third-order valence-electron chi connectivity index (χ3n) is 7.11. The minimum Gasteiger partial charge on any atom is -0.352 e. The van der Waals surface area contributed by atoms with Crippen LogP contribution in [-0.2, 0) is 26.2 Å². The molecule has 2 amide bonds. The fraction of sp³-hybridized carbons (Fsp3) is 0.333. The highest BCUT2D eigenvalue weighted by Gasteiger charge is 2.33. The van der Waals surface area contributed by atoms with Crippen molar-refractivity contribution in [1.29, 1.82) is 0 Å². The molecule has 0 heterocycles. The summed E-state index contributed by atoms with van der Waals surface area (Å²) in [4.78, 5) is 28.7. The Hall–Kier alpha value is -3.07. The van der Waals surface area contributed by atoms with Crippen LogP contribution in [0.3, 0.4) is 0 Å². The van der Waals surface area contributed by atoms with Gasteiger partial charge in [0.25, 0.3) is 10.0 Å². The number of rotatable bonds is 10. The van der Waals surface area contributed by atoms with Crippen LogP contribution in [0.15, 0.2) is 83.8 Å². The Morgan fingerprint density at radius 3 is 2.05 bits per heavy atom. The number of carbonyl (C=O) groups excluding carboxylic acids is 2. The summed E-state index contributed by atoms with van der Waals surface area (Å²) in [5.74, 6) is -0.774. The van der Waals surface area contributed by atoms with E-state index in [1.54, 1.807) is 61.5 Å². The highest BCUT2D eigenvalue weighted by molar-refractivity contribution is 7.92. The maximum Gasteiger partial charge on any atom is 0.264 e. The first kappa shape index (κ1) is 29.9. The van der Waals surface area contributed by atoms with Gasteiger partial charge in [-0.2, -0.15) is 0 Å². The van der Waals surface area contributed by atoms with E-state index in [0.29, 0.717) is 15.7 Å². The summed E-state index contributed by atoms with van der Waals surface area (Å²) >= 11 is 12.1. The van der Waals surface area contributed by atoms with Gasteiger partial charge in [0.1, 0.15) is 12.6 Å². The Balaban J connectivity index is 1.65. The van der Waals surface area contributed by atoms with E-state index < -0.39 is 28.5 Å². The molecule has 3 aromatic carbocycles. The molecule has 1 atom stereocenters. The number of hydrogen-bond acceptors (Lipinski definition) is 4. The Morgan fingerprint density at radius 1 is 0.875 bits per heavy atom. The number of halogens is 2. The van der Waals surface area contributed by atoms with Crippen molar-refractivity contribution in [3.05, 3.63) is 94.5 Å². The Morgan fingerprint density at radius 2 is 1.45 bits per heavy atom. The van der Waals surface area contributed by atoms with Gasteiger partial charge in [-0.05, 0) is 73.9 Å². The molecular weight excluding hydrogens is 569 g/mol. The van der Waals surface area contributed by atoms with Crippen LogP contribution < -0.4 is 9.62 Å². The van der Waals surface area contributed by atoms with Crippen LogP contribution in [0.5, 0.6) is 0 Å². The summed E-state index contributed by atoms with van der Waals surface area (Å²) in [5.41, 5.74) is 1.10. The predicted molar refractivity (Wildman–Crippen MR) is 159 cm³/mol. The molecule has 0 saturated heterocycles. The van der Waals surface area contributed by atoms with Crippen molar-refractivity contribution in [2.45, 2.75) is 62.6 Å². The van der Waals surface area contributed by atoms with Crippen LogP contribution >= 0.6 is 23.2 Å². The molecule has 1 N–H and O–H groups in total. The molecule has 3 aromatic rings. The lowest BCUT2D eigenvalue weighted by Gasteiger charge is -2.33. The van der Waals surface area contributed by atoms with E-state index in [1.807, 2.05) is 0 Å². The van der Waals surface area contributed by atoms with Gasteiger partial charge in [0.2, 0.25) is 11.8 Å². The monoisotopic (exact) mass is 601 g/mol. The molecule has 0 spiro atoms. The van der Waals surface area contributed by atoms with E-state index in [1.165, 1.54) is 29.2 Å². The lowest BCUT2D eigenvalue weighted by molar-refractivity contribution is -0.139. The second-order valence-corrected chi connectivity index (χ2v) is 12.7. The molecule has 0 radical (unpaired) electrons. The summed E-state index contributed by atoms with van der Waals surface area (Å²) in [6, 6.07) is 20.5. The molecule has 0 aliphatic heterocycles. The fourth-order valence-corrected chi connectivity index (χ4v) is 6.46. The standard InChI is InChI=1S/C30H33Cl2N3O4S/c1-22(30(37)33-26-8-4-2-5-9-26)34(20-23-12-14-24(31)15-13-23)29(36)21-35(27-10-6-3-7-11-27)40(38,39)28-18-16-25(32)17-19-28/h3,6-7,10-19,22,26H,2,4-5,8-9,20-21H2,1H3,(H,33,37)/t22-/m0/s1. The van der Waals surface area contributed by atoms with Gasteiger partial charge in [0, 0.05) is 22.6 Å². The maximum atomic E-state index is 14.0. The second kappa shape index (κ2) is 13.5. The van der Waals surface area contributed by atoms with Crippen molar-refractivity contribution in [3.8, 4) is 0 Å². The highest BCUT2D eigenvalue weighted by atomic mass is 35.5. The number of amides is 2.